The van der Waals surface area contributed by atoms with Gasteiger partial charge in [0.1, 0.15) is 5.82 Å². The molecule has 1 fully saturated rings. The fraction of sp³-hybridized carbons (Fsp3) is 0.417. The van der Waals surface area contributed by atoms with E-state index in [1.54, 1.807) is 6.20 Å². The largest absolute Gasteiger partial charge is 0.297 e. The van der Waals surface area contributed by atoms with E-state index >= 15 is 0 Å². The molecule has 1 atom stereocenters. The number of pyridine rings is 1. The van der Waals surface area contributed by atoms with E-state index in [1.165, 1.54) is 12.8 Å². The molecule has 0 radical (unpaired) electrons. The molecule has 2 aromatic rings. The highest BCUT2D eigenvalue weighted by atomic mass is 32.1. The maximum Gasteiger partial charge on any atom is 0.195 e. The normalized spacial score (nSPS) is 17.0. The summed E-state index contributed by atoms with van der Waals surface area (Å²) in [4.78, 5) is 4.16. The van der Waals surface area contributed by atoms with E-state index < -0.39 is 0 Å². The van der Waals surface area contributed by atoms with Crippen LogP contribution in [0.15, 0.2) is 24.5 Å². The summed E-state index contributed by atoms with van der Waals surface area (Å²) in [6, 6.07) is 4.21. The summed E-state index contributed by atoms with van der Waals surface area (Å²) in [5, 5.41) is 7.25. The van der Waals surface area contributed by atoms with Crippen LogP contribution in [-0.2, 0) is 0 Å². The van der Waals surface area contributed by atoms with Crippen LogP contribution in [0.5, 0.6) is 0 Å². The number of hydrogen-bond acceptors (Lipinski definition) is 3. The highest BCUT2D eigenvalue weighted by Gasteiger charge is 2.30. The van der Waals surface area contributed by atoms with E-state index in [2.05, 4.69) is 32.7 Å². The van der Waals surface area contributed by atoms with Crippen LogP contribution >= 0.6 is 12.2 Å². The van der Waals surface area contributed by atoms with Gasteiger partial charge in [-0.05, 0) is 43.6 Å². The third-order valence-corrected chi connectivity index (χ3v) is 3.52. The van der Waals surface area contributed by atoms with Crippen molar-refractivity contribution >= 4 is 12.2 Å². The Morgan fingerprint density at radius 2 is 2.35 bits per heavy atom. The first-order valence-corrected chi connectivity index (χ1v) is 6.25. The molecule has 17 heavy (non-hydrogen) atoms. The first-order chi connectivity index (χ1) is 8.27. The predicted molar refractivity (Wildman–Crippen MR) is 67.4 cm³/mol. The number of nitrogens with zero attached hydrogens (tertiary/aromatic N) is 3. The molecule has 0 aliphatic heterocycles. The molecule has 0 saturated heterocycles. The Labute approximate surface area is 105 Å². The second-order valence-electron chi connectivity index (χ2n) is 4.49. The summed E-state index contributed by atoms with van der Waals surface area (Å²) in [6.07, 6.45) is 6.11. The van der Waals surface area contributed by atoms with Crippen molar-refractivity contribution in [3.8, 4) is 0 Å². The highest BCUT2D eigenvalue weighted by molar-refractivity contribution is 7.71. The van der Waals surface area contributed by atoms with Crippen LogP contribution in [0.3, 0.4) is 0 Å². The number of H-pyrrole nitrogens is 1. The quantitative estimate of drug-likeness (QED) is 0.847. The van der Waals surface area contributed by atoms with Crippen molar-refractivity contribution in [3.05, 3.63) is 40.7 Å². The smallest absolute Gasteiger partial charge is 0.195 e. The van der Waals surface area contributed by atoms with Crippen LogP contribution in [0.2, 0.25) is 0 Å². The molecule has 1 saturated carbocycles. The first-order valence-electron chi connectivity index (χ1n) is 5.84. The first kappa shape index (κ1) is 10.7. The van der Waals surface area contributed by atoms with Crippen molar-refractivity contribution in [1.29, 1.82) is 0 Å². The molecule has 2 aromatic heterocycles. The Hall–Kier alpha value is -1.49. The van der Waals surface area contributed by atoms with E-state index in [4.69, 9.17) is 12.2 Å². The predicted octanol–water partition coefficient (Wildman–Crippen LogP) is 2.82. The Balaban J connectivity index is 2.04. The summed E-state index contributed by atoms with van der Waals surface area (Å²) in [5.41, 5.74) is 1.16. The van der Waals surface area contributed by atoms with Crippen LogP contribution in [0, 0.1) is 4.77 Å². The summed E-state index contributed by atoms with van der Waals surface area (Å²) < 4.78 is 2.81. The molecular formula is C12H14N4S. The Morgan fingerprint density at radius 3 is 3.00 bits per heavy atom. The van der Waals surface area contributed by atoms with Gasteiger partial charge in [-0.15, -0.1) is 0 Å². The zero-order chi connectivity index (χ0) is 11.8. The molecule has 88 valence electrons. The minimum absolute atomic E-state index is 0.186. The third kappa shape index (κ3) is 1.91. The zero-order valence-electron chi connectivity index (χ0n) is 9.63. The Morgan fingerprint density at radius 1 is 1.53 bits per heavy atom. The second kappa shape index (κ2) is 4.07. The maximum atomic E-state index is 5.32. The summed E-state index contributed by atoms with van der Waals surface area (Å²) >= 11 is 5.32. The molecule has 1 aliphatic carbocycles. The van der Waals surface area contributed by atoms with Gasteiger partial charge < -0.3 is 0 Å². The van der Waals surface area contributed by atoms with Gasteiger partial charge in [-0.25, -0.2) is 0 Å². The lowest BCUT2D eigenvalue weighted by molar-refractivity contribution is 0.594. The van der Waals surface area contributed by atoms with Crippen molar-refractivity contribution < 1.29 is 0 Å². The SMILES string of the molecule is CC(c1cccnc1)n1c(C2CC2)n[nH]c1=S. The van der Waals surface area contributed by atoms with Gasteiger partial charge in [0.25, 0.3) is 0 Å². The second-order valence-corrected chi connectivity index (χ2v) is 4.88. The van der Waals surface area contributed by atoms with Gasteiger partial charge in [0.05, 0.1) is 6.04 Å². The molecule has 0 aromatic carbocycles. The Kier molecular flexibility index (Phi) is 2.55. The molecule has 1 aliphatic rings. The van der Waals surface area contributed by atoms with Gasteiger partial charge in [-0.2, -0.15) is 5.10 Å². The van der Waals surface area contributed by atoms with E-state index in [0.29, 0.717) is 10.7 Å². The van der Waals surface area contributed by atoms with Crippen molar-refractivity contribution in [3.63, 3.8) is 0 Å². The average Bonchev–Trinajstić information content (AvgIpc) is 3.13. The van der Waals surface area contributed by atoms with Gasteiger partial charge >= 0.3 is 0 Å². The molecule has 1 N–H and O–H groups in total. The molecular weight excluding hydrogens is 232 g/mol. The average molecular weight is 246 g/mol. The lowest BCUT2D eigenvalue weighted by Crippen LogP contribution is -2.10. The van der Waals surface area contributed by atoms with Crippen molar-refractivity contribution in [2.45, 2.75) is 31.7 Å². The van der Waals surface area contributed by atoms with Crippen LogP contribution in [0.4, 0.5) is 0 Å². The number of hydrogen-bond donors (Lipinski definition) is 1. The standard InChI is InChI=1S/C12H14N4S/c1-8(10-3-2-6-13-7-10)16-11(9-4-5-9)14-15-12(16)17/h2-3,6-9H,4-5H2,1H3,(H,15,17). The van der Waals surface area contributed by atoms with E-state index in [1.807, 2.05) is 12.3 Å². The molecule has 0 spiro atoms. The molecule has 4 nitrogen and oxygen atoms in total. The lowest BCUT2D eigenvalue weighted by atomic mass is 10.1. The molecule has 1 unspecified atom stereocenters. The van der Waals surface area contributed by atoms with Gasteiger partial charge in [-0.3, -0.25) is 14.6 Å². The van der Waals surface area contributed by atoms with Gasteiger partial charge in [0, 0.05) is 18.3 Å². The maximum absolute atomic E-state index is 5.32. The molecule has 0 amide bonds. The lowest BCUT2D eigenvalue weighted by Gasteiger charge is -2.15. The highest BCUT2D eigenvalue weighted by Crippen LogP contribution is 2.40. The Bertz CT molecular complexity index is 568. The van der Waals surface area contributed by atoms with Gasteiger partial charge in [0.15, 0.2) is 4.77 Å². The zero-order valence-corrected chi connectivity index (χ0v) is 10.4. The van der Waals surface area contributed by atoms with Crippen molar-refractivity contribution in [2.75, 3.05) is 0 Å². The fourth-order valence-corrected chi connectivity index (χ4v) is 2.39. The topological polar surface area (TPSA) is 46.5 Å². The van der Waals surface area contributed by atoms with Crippen LogP contribution in [-0.4, -0.2) is 19.7 Å². The third-order valence-electron chi connectivity index (χ3n) is 3.23. The van der Waals surface area contributed by atoms with Crippen molar-refractivity contribution in [2.24, 2.45) is 0 Å². The molecule has 5 heteroatoms. The summed E-state index contributed by atoms with van der Waals surface area (Å²) in [7, 11) is 0. The number of rotatable bonds is 3. The minimum Gasteiger partial charge on any atom is -0.297 e. The summed E-state index contributed by atoms with van der Waals surface area (Å²) in [6.45, 7) is 2.13. The molecule has 3 rings (SSSR count). The van der Waals surface area contributed by atoms with Gasteiger partial charge in [-0.1, -0.05) is 6.07 Å². The van der Waals surface area contributed by atoms with Gasteiger partial charge in [0.2, 0.25) is 0 Å². The van der Waals surface area contributed by atoms with Crippen LogP contribution in [0.1, 0.15) is 43.1 Å². The van der Waals surface area contributed by atoms with E-state index in [0.717, 1.165) is 11.4 Å². The monoisotopic (exact) mass is 246 g/mol. The minimum atomic E-state index is 0.186. The summed E-state index contributed by atoms with van der Waals surface area (Å²) in [5.74, 6) is 1.67. The molecule has 0 bridgehead atoms. The number of aromatic nitrogens is 4. The number of nitrogens with one attached hydrogen (secondary N) is 1. The van der Waals surface area contributed by atoms with Crippen molar-refractivity contribution in [1.82, 2.24) is 19.7 Å². The number of aromatic amines is 1. The van der Waals surface area contributed by atoms with E-state index in [9.17, 15) is 0 Å². The van der Waals surface area contributed by atoms with Crippen LogP contribution in [0.25, 0.3) is 0 Å². The van der Waals surface area contributed by atoms with E-state index in [-0.39, 0.29) is 6.04 Å². The molecule has 2 heterocycles. The fourth-order valence-electron chi connectivity index (χ4n) is 2.09. The van der Waals surface area contributed by atoms with Crippen LogP contribution < -0.4 is 0 Å².